The summed E-state index contributed by atoms with van der Waals surface area (Å²) in [6, 6.07) is 0. The van der Waals surface area contributed by atoms with Gasteiger partial charge in [0.2, 0.25) is 0 Å². The molecule has 0 saturated carbocycles. The summed E-state index contributed by atoms with van der Waals surface area (Å²) in [5.74, 6) is 2.03. The van der Waals surface area contributed by atoms with E-state index in [1.807, 2.05) is 0 Å². The second kappa shape index (κ2) is 6.21. The van der Waals surface area contributed by atoms with Crippen LogP contribution in [0.5, 0.6) is 0 Å². The van der Waals surface area contributed by atoms with Crippen molar-refractivity contribution >= 4 is 34.7 Å². The summed E-state index contributed by atoms with van der Waals surface area (Å²) in [4.78, 5) is 11.3. The fourth-order valence-corrected chi connectivity index (χ4v) is 2.60. The minimum Gasteiger partial charge on any atom is -0.294 e. The van der Waals surface area contributed by atoms with Gasteiger partial charge in [0.1, 0.15) is 5.84 Å². The highest BCUT2D eigenvalue weighted by Gasteiger charge is 2.24. The van der Waals surface area contributed by atoms with Gasteiger partial charge in [-0.05, 0) is 12.2 Å². The fraction of sp³-hybridized carbons (Fsp3) is 0.571. The summed E-state index contributed by atoms with van der Waals surface area (Å²) in [6.45, 7) is 6.63. The van der Waals surface area contributed by atoms with E-state index in [0.29, 0.717) is 18.3 Å². The Labute approximate surface area is 124 Å². The summed E-state index contributed by atoms with van der Waals surface area (Å²) >= 11 is 11.6. The van der Waals surface area contributed by atoms with Gasteiger partial charge in [-0.25, -0.2) is 9.98 Å². The molecular weight excluding hydrogens is 281 g/mol. The van der Waals surface area contributed by atoms with Gasteiger partial charge in [0.25, 0.3) is 0 Å². The largest absolute Gasteiger partial charge is 0.294 e. The number of amidine groups is 1. The maximum atomic E-state index is 5.79. The molecule has 0 aromatic carbocycles. The van der Waals surface area contributed by atoms with Gasteiger partial charge in [0.05, 0.1) is 18.0 Å². The van der Waals surface area contributed by atoms with Gasteiger partial charge in [-0.15, -0.1) is 23.2 Å². The van der Waals surface area contributed by atoms with Crippen LogP contribution < -0.4 is 0 Å². The quantitative estimate of drug-likeness (QED) is 0.693. The van der Waals surface area contributed by atoms with Gasteiger partial charge < -0.3 is 0 Å². The zero-order valence-electron chi connectivity index (χ0n) is 11.4. The van der Waals surface area contributed by atoms with Crippen molar-refractivity contribution in [1.82, 2.24) is 4.90 Å². The highest BCUT2D eigenvalue weighted by Crippen LogP contribution is 2.29. The van der Waals surface area contributed by atoms with Crippen molar-refractivity contribution in [3.8, 4) is 0 Å². The third-order valence-electron chi connectivity index (χ3n) is 3.11. The lowest BCUT2D eigenvalue weighted by atomic mass is 9.87. The molecule has 19 heavy (non-hydrogen) atoms. The van der Waals surface area contributed by atoms with Crippen molar-refractivity contribution in [2.24, 2.45) is 15.4 Å². The molecule has 1 heterocycles. The lowest BCUT2D eigenvalue weighted by Crippen LogP contribution is -2.32. The molecule has 2 aliphatic rings. The highest BCUT2D eigenvalue weighted by molar-refractivity contribution is 6.20. The van der Waals surface area contributed by atoms with Crippen LogP contribution in [0.1, 0.15) is 13.8 Å². The number of aliphatic imine (C=N–C) groups is 2. The Morgan fingerprint density at radius 2 is 1.84 bits per heavy atom. The van der Waals surface area contributed by atoms with Crippen LogP contribution in [0.3, 0.4) is 0 Å². The topological polar surface area (TPSA) is 28.0 Å². The van der Waals surface area contributed by atoms with E-state index in [4.69, 9.17) is 23.2 Å². The highest BCUT2D eigenvalue weighted by atomic mass is 35.5. The maximum Gasteiger partial charge on any atom is 0.143 e. The van der Waals surface area contributed by atoms with Crippen LogP contribution in [0, 0.1) is 5.41 Å². The summed E-state index contributed by atoms with van der Waals surface area (Å²) in [6.07, 6.45) is 6.37. The molecule has 0 amide bonds. The van der Waals surface area contributed by atoms with Crippen LogP contribution in [0.25, 0.3) is 0 Å². The molecule has 1 aliphatic heterocycles. The molecule has 0 spiro atoms. The lowest BCUT2D eigenvalue weighted by molar-refractivity contribution is 0.350. The molecule has 0 fully saturated rings. The first-order chi connectivity index (χ1) is 9.04. The second-order valence-electron chi connectivity index (χ2n) is 5.36. The number of hydrogen-bond donors (Lipinski definition) is 0. The van der Waals surface area contributed by atoms with E-state index < -0.39 is 0 Å². The van der Waals surface area contributed by atoms with E-state index in [9.17, 15) is 0 Å². The first-order valence-electron chi connectivity index (χ1n) is 6.47. The zero-order chi connectivity index (χ0) is 13.9. The summed E-state index contributed by atoms with van der Waals surface area (Å²) < 4.78 is 0. The summed E-state index contributed by atoms with van der Waals surface area (Å²) in [5.41, 5.74) is 2.00. The van der Waals surface area contributed by atoms with Crippen LogP contribution in [0.4, 0.5) is 0 Å². The number of rotatable bonds is 6. The van der Waals surface area contributed by atoms with Crippen LogP contribution in [-0.4, -0.2) is 47.8 Å². The van der Waals surface area contributed by atoms with Gasteiger partial charge in [-0.2, -0.15) is 0 Å². The Kier molecular flexibility index (Phi) is 4.82. The van der Waals surface area contributed by atoms with E-state index in [1.54, 1.807) is 0 Å². The van der Waals surface area contributed by atoms with Gasteiger partial charge in [-0.3, -0.25) is 4.90 Å². The first kappa shape index (κ1) is 14.8. The lowest BCUT2D eigenvalue weighted by Gasteiger charge is -2.19. The number of halogens is 2. The van der Waals surface area contributed by atoms with Crippen LogP contribution in [0.15, 0.2) is 33.9 Å². The molecule has 3 nitrogen and oxygen atoms in total. The molecule has 0 N–H and O–H groups in total. The molecule has 0 radical (unpaired) electrons. The molecule has 5 heteroatoms. The van der Waals surface area contributed by atoms with Crippen LogP contribution in [-0.2, 0) is 0 Å². The van der Waals surface area contributed by atoms with Crippen molar-refractivity contribution in [2.75, 3.05) is 31.4 Å². The Morgan fingerprint density at radius 3 is 2.47 bits per heavy atom. The van der Waals surface area contributed by atoms with E-state index in [1.165, 1.54) is 0 Å². The Balaban J connectivity index is 2.07. The predicted molar refractivity (Wildman–Crippen MR) is 83.8 cm³/mol. The molecular formula is C14H19Cl2N3. The predicted octanol–water partition coefficient (Wildman–Crippen LogP) is 3.10. The van der Waals surface area contributed by atoms with Crippen molar-refractivity contribution < 1.29 is 0 Å². The van der Waals surface area contributed by atoms with E-state index in [-0.39, 0.29) is 5.41 Å². The SMILES string of the molecule is CC1(C)C=CC2=NC(CN(CCCl)CCCl)=NC2=C1. The smallest absolute Gasteiger partial charge is 0.143 e. The number of allylic oxidation sites excluding steroid dienone is 3. The molecule has 0 aromatic rings. The van der Waals surface area contributed by atoms with Gasteiger partial charge in [-0.1, -0.05) is 19.9 Å². The van der Waals surface area contributed by atoms with Crippen LogP contribution in [0.2, 0.25) is 0 Å². The fourth-order valence-electron chi connectivity index (χ4n) is 2.12. The number of hydrogen-bond acceptors (Lipinski definition) is 3. The average Bonchev–Trinajstić information content (AvgIpc) is 2.69. The monoisotopic (exact) mass is 299 g/mol. The Hall–Kier alpha value is -0.640. The zero-order valence-corrected chi connectivity index (χ0v) is 12.9. The van der Waals surface area contributed by atoms with E-state index in [0.717, 1.165) is 30.3 Å². The normalized spacial score (nSPS) is 20.2. The molecule has 0 aromatic heterocycles. The van der Waals surface area contributed by atoms with Gasteiger partial charge in [0, 0.05) is 30.3 Å². The number of fused-ring (bicyclic) bond motifs is 1. The molecule has 104 valence electrons. The minimum absolute atomic E-state index is 0.0548. The maximum absolute atomic E-state index is 5.79. The first-order valence-corrected chi connectivity index (χ1v) is 7.54. The third kappa shape index (κ3) is 3.91. The molecule has 2 rings (SSSR count). The summed E-state index contributed by atoms with van der Waals surface area (Å²) in [5, 5.41) is 0. The molecule has 0 saturated heterocycles. The minimum atomic E-state index is 0.0548. The number of nitrogens with zero attached hydrogens (tertiary/aromatic N) is 3. The van der Waals surface area contributed by atoms with Gasteiger partial charge >= 0.3 is 0 Å². The molecule has 0 atom stereocenters. The second-order valence-corrected chi connectivity index (χ2v) is 6.12. The third-order valence-corrected chi connectivity index (χ3v) is 3.45. The van der Waals surface area contributed by atoms with Gasteiger partial charge in [0.15, 0.2) is 0 Å². The van der Waals surface area contributed by atoms with Crippen molar-refractivity contribution in [3.63, 3.8) is 0 Å². The molecule has 1 aliphatic carbocycles. The van der Waals surface area contributed by atoms with E-state index >= 15 is 0 Å². The summed E-state index contributed by atoms with van der Waals surface area (Å²) in [7, 11) is 0. The molecule has 0 unspecified atom stereocenters. The van der Waals surface area contributed by atoms with Crippen molar-refractivity contribution in [3.05, 3.63) is 23.9 Å². The van der Waals surface area contributed by atoms with Crippen LogP contribution >= 0.6 is 23.2 Å². The Bertz CT molecular complexity index is 455. The Morgan fingerprint density at radius 1 is 1.16 bits per heavy atom. The van der Waals surface area contributed by atoms with Crippen molar-refractivity contribution in [2.45, 2.75) is 13.8 Å². The van der Waals surface area contributed by atoms with E-state index in [2.05, 4.69) is 47.0 Å². The average molecular weight is 300 g/mol. The number of alkyl halides is 2. The van der Waals surface area contributed by atoms with Crippen molar-refractivity contribution in [1.29, 1.82) is 0 Å². The standard InChI is InChI=1S/C14H19Cl2N3/c1-14(2)4-3-11-12(9-14)18-13(17-11)10-19(7-5-15)8-6-16/h3-4,9H,5-8,10H2,1-2H3. The molecule has 0 bridgehead atoms.